The van der Waals surface area contributed by atoms with Gasteiger partial charge in [0.1, 0.15) is 11.6 Å². The van der Waals surface area contributed by atoms with Crippen molar-refractivity contribution < 1.29 is 4.39 Å². The van der Waals surface area contributed by atoms with Crippen molar-refractivity contribution in [3.63, 3.8) is 0 Å². The van der Waals surface area contributed by atoms with Crippen molar-refractivity contribution in [2.45, 2.75) is 45.0 Å². The molecule has 0 amide bonds. The van der Waals surface area contributed by atoms with Crippen LogP contribution < -0.4 is 0 Å². The van der Waals surface area contributed by atoms with E-state index < -0.39 is 5.82 Å². The standard InChI is InChI=1S/C16H19Cl2FN2/c1-9-3-4-11(5-9)8-21-15-7-13(19)12(18)6-14(15)20-16(21)10(2)17/h6-7,9-11H,3-5,8H2,1-2H3. The highest BCUT2D eigenvalue weighted by molar-refractivity contribution is 6.31. The topological polar surface area (TPSA) is 17.8 Å². The third-order valence-corrected chi connectivity index (χ3v) is 4.90. The number of halogens is 3. The Kier molecular flexibility index (Phi) is 4.15. The van der Waals surface area contributed by atoms with E-state index in [0.29, 0.717) is 5.92 Å². The quantitative estimate of drug-likeness (QED) is 0.674. The van der Waals surface area contributed by atoms with Crippen LogP contribution in [0.2, 0.25) is 5.02 Å². The van der Waals surface area contributed by atoms with Gasteiger partial charge in [-0.2, -0.15) is 0 Å². The van der Waals surface area contributed by atoms with Crippen LogP contribution in [-0.4, -0.2) is 9.55 Å². The Morgan fingerprint density at radius 2 is 2.19 bits per heavy atom. The van der Waals surface area contributed by atoms with Gasteiger partial charge in [0.05, 0.1) is 21.4 Å². The molecule has 2 nitrogen and oxygen atoms in total. The van der Waals surface area contributed by atoms with Gasteiger partial charge < -0.3 is 4.57 Å². The number of benzene rings is 1. The van der Waals surface area contributed by atoms with Crippen LogP contribution in [-0.2, 0) is 6.54 Å². The first-order valence-corrected chi connectivity index (χ1v) is 8.26. The van der Waals surface area contributed by atoms with Gasteiger partial charge in [0.15, 0.2) is 0 Å². The maximum absolute atomic E-state index is 13.8. The summed E-state index contributed by atoms with van der Waals surface area (Å²) in [7, 11) is 0. The fraction of sp³-hybridized carbons (Fsp3) is 0.562. The first kappa shape index (κ1) is 15.1. The molecule has 0 bridgehead atoms. The predicted octanol–water partition coefficient (Wildman–Crippen LogP) is 5.56. The minimum absolute atomic E-state index is 0.107. The van der Waals surface area contributed by atoms with Gasteiger partial charge >= 0.3 is 0 Å². The molecule has 5 heteroatoms. The molecule has 1 aliphatic rings. The van der Waals surface area contributed by atoms with E-state index in [1.807, 2.05) is 6.92 Å². The Balaban J connectivity index is 2.05. The summed E-state index contributed by atoms with van der Waals surface area (Å²) in [4.78, 5) is 4.56. The Hall–Kier alpha value is -0.800. The molecule has 1 heterocycles. The van der Waals surface area contributed by atoms with Gasteiger partial charge in [0.25, 0.3) is 0 Å². The normalized spacial score (nSPS) is 23.9. The van der Waals surface area contributed by atoms with Crippen LogP contribution in [0.5, 0.6) is 0 Å². The zero-order valence-electron chi connectivity index (χ0n) is 12.2. The smallest absolute Gasteiger partial charge is 0.144 e. The highest BCUT2D eigenvalue weighted by Gasteiger charge is 2.25. The third kappa shape index (κ3) is 2.91. The fourth-order valence-corrected chi connectivity index (χ4v) is 3.71. The van der Waals surface area contributed by atoms with Gasteiger partial charge in [0, 0.05) is 12.6 Å². The highest BCUT2D eigenvalue weighted by Crippen LogP contribution is 2.34. The first-order chi connectivity index (χ1) is 9.95. The summed E-state index contributed by atoms with van der Waals surface area (Å²) in [6.45, 7) is 5.04. The molecule has 1 fully saturated rings. The lowest BCUT2D eigenvalue weighted by Crippen LogP contribution is -2.11. The fourth-order valence-electron chi connectivity index (χ4n) is 3.38. The highest BCUT2D eigenvalue weighted by atomic mass is 35.5. The summed E-state index contributed by atoms with van der Waals surface area (Å²) >= 11 is 12.1. The van der Waals surface area contributed by atoms with Crippen molar-refractivity contribution >= 4 is 34.2 Å². The van der Waals surface area contributed by atoms with Crippen LogP contribution in [0.15, 0.2) is 12.1 Å². The van der Waals surface area contributed by atoms with Crippen molar-refractivity contribution in [3.05, 3.63) is 28.8 Å². The van der Waals surface area contributed by atoms with Gasteiger partial charge in [-0.25, -0.2) is 9.37 Å². The molecule has 1 aromatic heterocycles. The molecule has 0 radical (unpaired) electrons. The molecular formula is C16H19Cl2FN2. The molecule has 0 spiro atoms. The lowest BCUT2D eigenvalue weighted by atomic mass is 10.1. The number of rotatable bonds is 3. The summed E-state index contributed by atoms with van der Waals surface area (Å²) in [5.41, 5.74) is 1.51. The van der Waals surface area contributed by atoms with Gasteiger partial charge in [-0.1, -0.05) is 24.9 Å². The lowest BCUT2D eigenvalue weighted by molar-refractivity contribution is 0.438. The maximum Gasteiger partial charge on any atom is 0.144 e. The summed E-state index contributed by atoms with van der Waals surface area (Å²) in [6, 6.07) is 3.06. The zero-order valence-corrected chi connectivity index (χ0v) is 13.8. The second-order valence-electron chi connectivity index (χ2n) is 6.24. The van der Waals surface area contributed by atoms with E-state index in [2.05, 4.69) is 16.5 Å². The van der Waals surface area contributed by atoms with Crippen molar-refractivity contribution in [2.24, 2.45) is 11.8 Å². The van der Waals surface area contributed by atoms with Gasteiger partial charge in [-0.3, -0.25) is 0 Å². The lowest BCUT2D eigenvalue weighted by Gasteiger charge is -2.15. The van der Waals surface area contributed by atoms with E-state index in [9.17, 15) is 4.39 Å². The van der Waals surface area contributed by atoms with E-state index in [-0.39, 0.29) is 10.4 Å². The maximum atomic E-state index is 13.8. The van der Waals surface area contributed by atoms with Crippen LogP contribution in [0.4, 0.5) is 4.39 Å². The van der Waals surface area contributed by atoms with Crippen LogP contribution in [0.25, 0.3) is 11.0 Å². The minimum Gasteiger partial charge on any atom is -0.326 e. The number of alkyl halides is 1. The molecule has 114 valence electrons. The molecule has 1 saturated carbocycles. The molecule has 3 unspecified atom stereocenters. The van der Waals surface area contributed by atoms with E-state index in [1.54, 1.807) is 6.07 Å². The van der Waals surface area contributed by atoms with Gasteiger partial charge in [-0.15, -0.1) is 11.6 Å². The largest absolute Gasteiger partial charge is 0.326 e. The number of aromatic nitrogens is 2. The van der Waals surface area contributed by atoms with E-state index >= 15 is 0 Å². The second kappa shape index (κ2) is 5.77. The zero-order chi connectivity index (χ0) is 15.1. The SMILES string of the molecule is CC1CCC(Cn2c(C(C)Cl)nc3cc(Cl)c(F)cc32)C1. The molecule has 2 aromatic rings. The van der Waals surface area contributed by atoms with Crippen molar-refractivity contribution in [2.75, 3.05) is 0 Å². The Bertz CT molecular complexity index is 666. The molecule has 21 heavy (non-hydrogen) atoms. The van der Waals surface area contributed by atoms with Gasteiger partial charge in [-0.05, 0) is 37.7 Å². The number of imidazole rings is 1. The number of fused-ring (bicyclic) bond motifs is 1. The second-order valence-corrected chi connectivity index (χ2v) is 7.30. The van der Waals surface area contributed by atoms with Crippen LogP contribution in [0.3, 0.4) is 0 Å². The molecule has 1 aromatic carbocycles. The monoisotopic (exact) mass is 328 g/mol. The van der Waals surface area contributed by atoms with E-state index in [4.69, 9.17) is 23.2 Å². The Labute approximate surface area is 134 Å². The molecule has 0 N–H and O–H groups in total. The molecule has 3 rings (SSSR count). The molecule has 3 atom stereocenters. The summed E-state index contributed by atoms with van der Waals surface area (Å²) in [6.07, 6.45) is 3.70. The van der Waals surface area contributed by atoms with Crippen molar-refractivity contribution in [1.82, 2.24) is 9.55 Å². The van der Waals surface area contributed by atoms with Crippen LogP contribution in [0.1, 0.15) is 44.3 Å². The predicted molar refractivity (Wildman–Crippen MR) is 85.5 cm³/mol. The summed E-state index contributed by atoms with van der Waals surface area (Å²) in [5, 5.41) is -0.103. The number of hydrogen-bond donors (Lipinski definition) is 0. The molecular weight excluding hydrogens is 310 g/mol. The molecule has 0 saturated heterocycles. The van der Waals surface area contributed by atoms with Gasteiger partial charge in [0.2, 0.25) is 0 Å². The van der Waals surface area contributed by atoms with Crippen molar-refractivity contribution in [3.8, 4) is 0 Å². The average Bonchev–Trinajstić information content (AvgIpc) is 2.96. The van der Waals surface area contributed by atoms with Crippen LogP contribution in [0, 0.1) is 17.7 Å². The summed E-state index contributed by atoms with van der Waals surface area (Å²) in [5.74, 6) is 1.78. The number of nitrogens with zero attached hydrogens (tertiary/aromatic N) is 2. The minimum atomic E-state index is -0.404. The number of hydrogen-bond acceptors (Lipinski definition) is 1. The Morgan fingerprint density at radius 3 is 2.81 bits per heavy atom. The average molecular weight is 329 g/mol. The molecule has 0 aliphatic heterocycles. The Morgan fingerprint density at radius 1 is 1.43 bits per heavy atom. The van der Waals surface area contributed by atoms with Crippen molar-refractivity contribution in [1.29, 1.82) is 0 Å². The molecule has 1 aliphatic carbocycles. The summed E-state index contributed by atoms with van der Waals surface area (Å²) < 4.78 is 15.9. The van der Waals surface area contributed by atoms with E-state index in [1.165, 1.54) is 25.3 Å². The first-order valence-electron chi connectivity index (χ1n) is 7.45. The van der Waals surface area contributed by atoms with Crippen LogP contribution >= 0.6 is 23.2 Å². The third-order valence-electron chi connectivity index (χ3n) is 4.42. The van der Waals surface area contributed by atoms with E-state index in [0.717, 1.165) is 29.3 Å².